The second kappa shape index (κ2) is 6.35. The van der Waals surface area contributed by atoms with Gasteiger partial charge in [-0.15, -0.1) is 0 Å². The van der Waals surface area contributed by atoms with Crippen molar-refractivity contribution in [2.24, 2.45) is 0 Å². The summed E-state index contributed by atoms with van der Waals surface area (Å²) >= 11 is 2.03. The first-order chi connectivity index (χ1) is 9.49. The van der Waals surface area contributed by atoms with Crippen molar-refractivity contribution < 1.29 is 19.6 Å². The molecule has 20 heavy (non-hydrogen) atoms. The van der Waals surface area contributed by atoms with E-state index in [2.05, 4.69) is 0 Å². The lowest BCUT2D eigenvalue weighted by atomic mass is 10.1. The van der Waals surface area contributed by atoms with E-state index in [0.29, 0.717) is 19.8 Å². The number of rotatable bonds is 4. The molecule has 1 saturated heterocycles. The third kappa shape index (κ3) is 3.37. The Kier molecular flexibility index (Phi) is 4.76. The fourth-order valence-electron chi connectivity index (χ4n) is 2.18. The van der Waals surface area contributed by atoms with Crippen molar-refractivity contribution in [1.82, 2.24) is 0 Å². The van der Waals surface area contributed by atoms with Crippen molar-refractivity contribution >= 4 is 39.9 Å². The number of benzene rings is 1. The zero-order valence-electron chi connectivity index (χ0n) is 10.5. The maximum Gasteiger partial charge on any atom is 0.305 e. The van der Waals surface area contributed by atoms with Gasteiger partial charge in [-0.05, 0) is 28.7 Å². The van der Waals surface area contributed by atoms with Crippen LogP contribution in [0.4, 0.5) is 11.4 Å². The molecular formula is C12H13IN2O5. The molecule has 1 atom stereocenters. The van der Waals surface area contributed by atoms with Crippen molar-refractivity contribution in [2.75, 3.05) is 24.7 Å². The van der Waals surface area contributed by atoms with E-state index in [9.17, 15) is 14.9 Å². The van der Waals surface area contributed by atoms with E-state index < -0.39 is 10.9 Å². The molecule has 108 valence electrons. The van der Waals surface area contributed by atoms with E-state index in [1.54, 1.807) is 6.07 Å². The first-order valence-electron chi connectivity index (χ1n) is 5.99. The Hall–Kier alpha value is -1.42. The first-order valence-corrected chi connectivity index (χ1v) is 7.07. The zero-order chi connectivity index (χ0) is 14.7. The number of hydrogen-bond donors (Lipinski definition) is 1. The largest absolute Gasteiger partial charge is 0.481 e. The number of carboxylic acids is 1. The van der Waals surface area contributed by atoms with Gasteiger partial charge in [0, 0.05) is 22.2 Å². The molecule has 1 unspecified atom stereocenters. The van der Waals surface area contributed by atoms with E-state index >= 15 is 0 Å². The molecule has 1 fully saturated rings. The monoisotopic (exact) mass is 392 g/mol. The number of nitro groups is 1. The predicted molar refractivity (Wildman–Crippen MR) is 80.0 cm³/mol. The minimum Gasteiger partial charge on any atom is -0.481 e. The van der Waals surface area contributed by atoms with E-state index in [4.69, 9.17) is 9.84 Å². The first kappa shape index (κ1) is 15.0. The van der Waals surface area contributed by atoms with E-state index in [0.717, 1.165) is 9.26 Å². The van der Waals surface area contributed by atoms with Crippen molar-refractivity contribution in [1.29, 1.82) is 0 Å². The van der Waals surface area contributed by atoms with Crippen LogP contribution in [0, 0.1) is 13.7 Å². The number of nitro benzene ring substituents is 1. The molecule has 1 N–H and O–H groups in total. The highest BCUT2D eigenvalue weighted by Gasteiger charge is 2.27. The lowest BCUT2D eigenvalue weighted by Gasteiger charge is -2.37. The van der Waals surface area contributed by atoms with Gasteiger partial charge < -0.3 is 14.7 Å². The van der Waals surface area contributed by atoms with Gasteiger partial charge in [0.15, 0.2) is 0 Å². The summed E-state index contributed by atoms with van der Waals surface area (Å²) in [5.41, 5.74) is 0.840. The van der Waals surface area contributed by atoms with Crippen molar-refractivity contribution in [3.63, 3.8) is 0 Å². The van der Waals surface area contributed by atoms with Gasteiger partial charge in [-0.3, -0.25) is 14.9 Å². The van der Waals surface area contributed by atoms with Crippen LogP contribution < -0.4 is 4.90 Å². The van der Waals surface area contributed by atoms with Crippen LogP contribution >= 0.6 is 22.6 Å². The second-order valence-corrected chi connectivity index (χ2v) is 5.58. The summed E-state index contributed by atoms with van der Waals surface area (Å²) in [6.07, 6.45) is -0.0208. The van der Waals surface area contributed by atoms with E-state index in [-0.39, 0.29) is 18.2 Å². The number of aliphatic carboxylic acids is 1. The van der Waals surface area contributed by atoms with Gasteiger partial charge in [0.2, 0.25) is 0 Å². The van der Waals surface area contributed by atoms with Crippen molar-refractivity contribution in [2.45, 2.75) is 12.5 Å². The highest BCUT2D eigenvalue weighted by atomic mass is 127. The van der Waals surface area contributed by atoms with Crippen LogP contribution in [0.25, 0.3) is 0 Å². The predicted octanol–water partition coefficient (Wildman–Crippen LogP) is 1.88. The highest BCUT2D eigenvalue weighted by molar-refractivity contribution is 14.1. The summed E-state index contributed by atoms with van der Waals surface area (Å²) in [6.45, 7) is 1.44. The quantitative estimate of drug-likeness (QED) is 0.478. The number of morpholine rings is 1. The molecule has 1 aromatic rings. The molecule has 1 aliphatic heterocycles. The van der Waals surface area contributed by atoms with Crippen LogP contribution in [-0.4, -0.2) is 41.8 Å². The number of nitrogens with zero attached hydrogens (tertiary/aromatic N) is 2. The van der Waals surface area contributed by atoms with Crippen LogP contribution in [0.5, 0.6) is 0 Å². The molecule has 0 saturated carbocycles. The molecule has 0 radical (unpaired) electrons. The minimum absolute atomic E-state index is 0.0208. The van der Waals surface area contributed by atoms with Crippen LogP contribution in [0.15, 0.2) is 18.2 Å². The van der Waals surface area contributed by atoms with Crippen LogP contribution in [-0.2, 0) is 9.53 Å². The number of hydrogen-bond acceptors (Lipinski definition) is 5. The summed E-state index contributed by atoms with van der Waals surface area (Å²) in [4.78, 5) is 23.1. The lowest BCUT2D eigenvalue weighted by Crippen LogP contribution is -2.47. The minimum atomic E-state index is -0.887. The molecule has 1 aliphatic rings. The van der Waals surface area contributed by atoms with Crippen molar-refractivity contribution in [3.05, 3.63) is 31.9 Å². The van der Waals surface area contributed by atoms with Gasteiger partial charge in [-0.1, -0.05) is 0 Å². The number of non-ortho nitro benzene ring substituents is 1. The molecule has 0 bridgehead atoms. The maximum atomic E-state index is 10.9. The molecule has 0 amide bonds. The summed E-state index contributed by atoms with van der Waals surface area (Å²) in [5.74, 6) is -0.887. The van der Waals surface area contributed by atoms with Gasteiger partial charge in [-0.25, -0.2) is 0 Å². The van der Waals surface area contributed by atoms with E-state index in [1.807, 2.05) is 27.5 Å². The lowest BCUT2D eigenvalue weighted by molar-refractivity contribution is -0.384. The molecular weight excluding hydrogens is 379 g/mol. The Balaban J connectivity index is 2.27. The third-order valence-electron chi connectivity index (χ3n) is 3.09. The number of halogens is 1. The molecule has 8 heteroatoms. The number of carbonyl (C=O) groups is 1. The molecule has 0 aliphatic carbocycles. The Bertz CT molecular complexity index is 537. The van der Waals surface area contributed by atoms with Crippen LogP contribution in [0.2, 0.25) is 0 Å². The number of carboxylic acid groups (broad SMARTS) is 1. The Morgan fingerprint density at radius 2 is 2.35 bits per heavy atom. The topological polar surface area (TPSA) is 92.9 Å². The average molecular weight is 392 g/mol. The molecule has 0 spiro atoms. The van der Waals surface area contributed by atoms with Gasteiger partial charge >= 0.3 is 5.97 Å². The van der Waals surface area contributed by atoms with Gasteiger partial charge in [0.1, 0.15) is 0 Å². The molecule has 1 aromatic carbocycles. The van der Waals surface area contributed by atoms with Gasteiger partial charge in [-0.2, -0.15) is 0 Å². The Labute approximate surface area is 128 Å². The summed E-state index contributed by atoms with van der Waals surface area (Å²) in [6, 6.07) is 4.34. The molecule has 7 nitrogen and oxygen atoms in total. The SMILES string of the molecule is O=C(O)CC1COCCN1c1ccc([N+](=O)[O-])cc1I. The number of ether oxygens (including phenoxy) is 1. The van der Waals surface area contributed by atoms with Crippen LogP contribution in [0.1, 0.15) is 6.42 Å². The standard InChI is InChI=1S/C12H13IN2O5/c13-10-5-8(15(18)19)1-2-11(10)14-3-4-20-7-9(14)6-12(16)17/h1-2,5,9H,3-4,6-7H2,(H,16,17). The van der Waals surface area contributed by atoms with Gasteiger partial charge in [0.05, 0.1) is 36.3 Å². The normalized spacial score (nSPS) is 18.9. The highest BCUT2D eigenvalue weighted by Crippen LogP contribution is 2.30. The maximum absolute atomic E-state index is 10.9. The number of anilines is 1. The molecule has 1 heterocycles. The summed E-state index contributed by atoms with van der Waals surface area (Å²) < 4.78 is 6.05. The zero-order valence-corrected chi connectivity index (χ0v) is 12.6. The summed E-state index contributed by atoms with van der Waals surface area (Å²) in [7, 11) is 0. The molecule has 2 rings (SSSR count). The van der Waals surface area contributed by atoms with Gasteiger partial charge in [0.25, 0.3) is 5.69 Å². The summed E-state index contributed by atoms with van der Waals surface area (Å²) in [5, 5.41) is 19.7. The Morgan fingerprint density at radius 1 is 1.60 bits per heavy atom. The fraction of sp³-hybridized carbons (Fsp3) is 0.417. The fourth-order valence-corrected chi connectivity index (χ4v) is 2.99. The van der Waals surface area contributed by atoms with E-state index in [1.165, 1.54) is 12.1 Å². The molecule has 0 aromatic heterocycles. The second-order valence-electron chi connectivity index (χ2n) is 4.41. The Morgan fingerprint density at radius 3 is 2.95 bits per heavy atom. The average Bonchev–Trinajstić information content (AvgIpc) is 2.39. The third-order valence-corrected chi connectivity index (χ3v) is 3.95. The smallest absolute Gasteiger partial charge is 0.305 e. The van der Waals surface area contributed by atoms with Crippen molar-refractivity contribution in [3.8, 4) is 0 Å². The van der Waals surface area contributed by atoms with Crippen LogP contribution in [0.3, 0.4) is 0 Å².